The van der Waals surface area contributed by atoms with Gasteiger partial charge in [-0.2, -0.15) is 0 Å². The highest BCUT2D eigenvalue weighted by molar-refractivity contribution is 7.89. The molecule has 0 radical (unpaired) electrons. The quantitative estimate of drug-likeness (QED) is 0.886. The van der Waals surface area contributed by atoms with Crippen molar-refractivity contribution >= 4 is 10.0 Å². The van der Waals surface area contributed by atoms with E-state index in [4.69, 9.17) is 4.74 Å². The molecule has 1 fully saturated rings. The largest absolute Gasteiger partial charge is 0.392 e. The Bertz CT molecular complexity index is 641. The number of ether oxygens (including phenoxy) is 1. The third-order valence-electron chi connectivity index (χ3n) is 4.41. The van der Waals surface area contributed by atoms with E-state index in [2.05, 4.69) is 4.72 Å². The molecule has 1 aromatic carbocycles. The van der Waals surface area contributed by atoms with Crippen LogP contribution < -0.4 is 4.72 Å². The second-order valence-corrected chi connectivity index (χ2v) is 7.63. The monoisotopic (exact) mass is 313 g/mol. The number of aryl methyl sites for hydroxylation is 1. The van der Waals surface area contributed by atoms with Crippen molar-refractivity contribution in [1.29, 1.82) is 0 Å². The summed E-state index contributed by atoms with van der Waals surface area (Å²) < 4.78 is 33.7. The van der Waals surface area contributed by atoms with E-state index >= 15 is 0 Å². The predicted octanol–water partition coefficient (Wildman–Crippen LogP) is 1.64. The van der Waals surface area contributed by atoms with E-state index in [1.807, 2.05) is 20.8 Å². The Morgan fingerprint density at radius 3 is 2.62 bits per heavy atom. The smallest absolute Gasteiger partial charge is 0.241 e. The summed E-state index contributed by atoms with van der Waals surface area (Å²) in [6, 6.07) is 3.34. The molecule has 1 aliphatic heterocycles. The van der Waals surface area contributed by atoms with Gasteiger partial charge in [0.2, 0.25) is 10.0 Å². The number of aliphatic hydroxyl groups is 1. The molecule has 21 heavy (non-hydrogen) atoms. The van der Waals surface area contributed by atoms with Crippen molar-refractivity contribution < 1.29 is 18.3 Å². The molecule has 0 bridgehead atoms. The number of hydrogen-bond acceptors (Lipinski definition) is 4. The lowest BCUT2D eigenvalue weighted by atomic mass is 9.97. The van der Waals surface area contributed by atoms with Crippen LogP contribution in [0.3, 0.4) is 0 Å². The van der Waals surface area contributed by atoms with Crippen LogP contribution in [0.25, 0.3) is 0 Å². The standard InChI is InChI=1S/C15H23NO4S/c1-10-7-13(9-17)8-14(11(10)2)21(18,19)16-15(4)5-6-20-12(15)3/h7-8,12,16-17H,5-6,9H2,1-4H3. The van der Waals surface area contributed by atoms with Gasteiger partial charge >= 0.3 is 0 Å². The van der Waals surface area contributed by atoms with Crippen LogP contribution >= 0.6 is 0 Å². The summed E-state index contributed by atoms with van der Waals surface area (Å²) in [7, 11) is -3.66. The second kappa shape index (κ2) is 5.68. The summed E-state index contributed by atoms with van der Waals surface area (Å²) in [5, 5.41) is 9.28. The molecule has 1 heterocycles. The van der Waals surface area contributed by atoms with E-state index in [1.54, 1.807) is 13.0 Å². The number of sulfonamides is 1. The fraction of sp³-hybridized carbons (Fsp3) is 0.600. The summed E-state index contributed by atoms with van der Waals surface area (Å²) >= 11 is 0. The van der Waals surface area contributed by atoms with Crippen molar-refractivity contribution in [2.75, 3.05) is 6.61 Å². The molecule has 2 rings (SSSR count). The van der Waals surface area contributed by atoms with Gasteiger partial charge in [-0.15, -0.1) is 0 Å². The zero-order valence-electron chi connectivity index (χ0n) is 12.9. The van der Waals surface area contributed by atoms with Gasteiger partial charge in [-0.05, 0) is 56.9 Å². The average Bonchev–Trinajstić information content (AvgIpc) is 2.71. The Morgan fingerprint density at radius 1 is 1.43 bits per heavy atom. The minimum atomic E-state index is -3.66. The second-order valence-electron chi connectivity index (χ2n) is 5.98. The van der Waals surface area contributed by atoms with Crippen molar-refractivity contribution in [2.24, 2.45) is 0 Å². The minimum Gasteiger partial charge on any atom is -0.392 e. The lowest BCUT2D eigenvalue weighted by molar-refractivity contribution is 0.0957. The van der Waals surface area contributed by atoms with Crippen molar-refractivity contribution in [3.8, 4) is 0 Å². The van der Waals surface area contributed by atoms with Crippen LogP contribution in [0.2, 0.25) is 0 Å². The molecule has 0 amide bonds. The molecule has 2 unspecified atom stereocenters. The normalized spacial score (nSPS) is 26.2. The Labute approximate surface area is 126 Å². The Morgan fingerprint density at radius 2 is 2.10 bits per heavy atom. The number of nitrogens with one attached hydrogen (secondary N) is 1. The Kier molecular flexibility index (Phi) is 4.44. The van der Waals surface area contributed by atoms with E-state index in [1.165, 1.54) is 6.07 Å². The molecule has 1 aliphatic rings. The molecule has 1 saturated heterocycles. The van der Waals surface area contributed by atoms with Crippen LogP contribution in [-0.2, 0) is 21.4 Å². The molecule has 118 valence electrons. The van der Waals surface area contributed by atoms with Gasteiger partial charge in [0.05, 0.1) is 23.1 Å². The number of hydrogen-bond donors (Lipinski definition) is 2. The van der Waals surface area contributed by atoms with Gasteiger partial charge < -0.3 is 9.84 Å². The van der Waals surface area contributed by atoms with Crippen LogP contribution in [0.1, 0.15) is 37.0 Å². The Balaban J connectivity index is 2.43. The minimum absolute atomic E-state index is 0.172. The molecule has 0 aromatic heterocycles. The van der Waals surface area contributed by atoms with Crippen LogP contribution in [0.4, 0.5) is 0 Å². The zero-order chi connectivity index (χ0) is 15.8. The number of rotatable bonds is 4. The maximum Gasteiger partial charge on any atom is 0.241 e. The first-order valence-electron chi connectivity index (χ1n) is 7.06. The van der Waals surface area contributed by atoms with Crippen molar-refractivity contribution in [3.05, 3.63) is 28.8 Å². The molecule has 2 N–H and O–H groups in total. The molecular formula is C15H23NO4S. The fourth-order valence-corrected chi connectivity index (χ4v) is 4.46. The number of aliphatic hydroxyl groups excluding tert-OH is 1. The zero-order valence-corrected chi connectivity index (χ0v) is 13.8. The highest BCUT2D eigenvalue weighted by atomic mass is 32.2. The van der Waals surface area contributed by atoms with Crippen LogP contribution in [0.5, 0.6) is 0 Å². The summed E-state index contributed by atoms with van der Waals surface area (Å²) in [6.45, 7) is 7.73. The SMILES string of the molecule is Cc1cc(CO)cc(S(=O)(=O)NC2(C)CCOC2C)c1C. The summed E-state index contributed by atoms with van der Waals surface area (Å²) in [4.78, 5) is 0.229. The van der Waals surface area contributed by atoms with Gasteiger partial charge in [-0.25, -0.2) is 13.1 Å². The van der Waals surface area contributed by atoms with Crippen molar-refractivity contribution in [1.82, 2.24) is 4.72 Å². The van der Waals surface area contributed by atoms with Gasteiger partial charge in [-0.3, -0.25) is 0 Å². The van der Waals surface area contributed by atoms with Gasteiger partial charge in [-0.1, -0.05) is 6.07 Å². The summed E-state index contributed by atoms with van der Waals surface area (Å²) in [5.74, 6) is 0. The van der Waals surface area contributed by atoms with Crippen LogP contribution in [-0.4, -0.2) is 31.8 Å². The van der Waals surface area contributed by atoms with Gasteiger partial charge in [0, 0.05) is 6.61 Å². The van der Waals surface area contributed by atoms with Crippen LogP contribution in [0.15, 0.2) is 17.0 Å². The molecule has 5 nitrogen and oxygen atoms in total. The highest BCUT2D eigenvalue weighted by Gasteiger charge is 2.41. The number of benzene rings is 1. The average molecular weight is 313 g/mol. The van der Waals surface area contributed by atoms with Crippen molar-refractivity contribution in [3.63, 3.8) is 0 Å². The molecule has 0 spiro atoms. The topological polar surface area (TPSA) is 75.6 Å². The third-order valence-corrected chi connectivity index (χ3v) is 6.14. The van der Waals surface area contributed by atoms with E-state index in [9.17, 15) is 13.5 Å². The van der Waals surface area contributed by atoms with Gasteiger partial charge in [0.15, 0.2) is 0 Å². The van der Waals surface area contributed by atoms with Crippen molar-refractivity contribution in [2.45, 2.75) is 57.3 Å². The van der Waals surface area contributed by atoms with Gasteiger partial charge in [0.25, 0.3) is 0 Å². The van der Waals surface area contributed by atoms with Gasteiger partial charge in [0.1, 0.15) is 0 Å². The highest BCUT2D eigenvalue weighted by Crippen LogP contribution is 2.29. The third kappa shape index (κ3) is 3.13. The molecule has 0 saturated carbocycles. The van der Waals surface area contributed by atoms with E-state index in [0.29, 0.717) is 24.2 Å². The van der Waals surface area contributed by atoms with E-state index in [0.717, 1.165) is 5.56 Å². The summed E-state index contributed by atoms with van der Waals surface area (Å²) in [5.41, 5.74) is 1.55. The first-order valence-corrected chi connectivity index (χ1v) is 8.54. The van der Waals surface area contributed by atoms with Crippen LogP contribution in [0, 0.1) is 13.8 Å². The Hall–Kier alpha value is -0.950. The molecule has 6 heteroatoms. The lowest BCUT2D eigenvalue weighted by Gasteiger charge is -2.29. The molecule has 1 aromatic rings. The van der Waals surface area contributed by atoms with E-state index < -0.39 is 15.6 Å². The molecule has 2 atom stereocenters. The lowest BCUT2D eigenvalue weighted by Crippen LogP contribution is -2.50. The molecular weight excluding hydrogens is 290 g/mol. The van der Waals surface area contributed by atoms with E-state index in [-0.39, 0.29) is 17.6 Å². The molecule has 0 aliphatic carbocycles. The fourth-order valence-electron chi connectivity index (χ4n) is 2.60. The maximum atomic E-state index is 12.7. The maximum absolute atomic E-state index is 12.7. The first kappa shape index (κ1) is 16.4. The first-order chi connectivity index (χ1) is 9.69. The predicted molar refractivity (Wildman–Crippen MR) is 80.6 cm³/mol. The summed E-state index contributed by atoms with van der Waals surface area (Å²) in [6.07, 6.45) is 0.472.